The zero-order valence-corrected chi connectivity index (χ0v) is 11.6. The van der Waals surface area contributed by atoms with E-state index in [1.165, 1.54) is 12.1 Å². The normalized spacial score (nSPS) is 12.4. The quantitative estimate of drug-likeness (QED) is 0.667. The zero-order valence-electron chi connectivity index (χ0n) is 10.0. The van der Waals surface area contributed by atoms with E-state index in [0.717, 1.165) is 16.1 Å². The summed E-state index contributed by atoms with van der Waals surface area (Å²) in [5.41, 5.74) is 3.92. The molecule has 0 saturated heterocycles. The zero-order chi connectivity index (χ0) is 13.8. The van der Waals surface area contributed by atoms with Gasteiger partial charge >= 0.3 is 0 Å². The Bertz CT molecular complexity index is 575. The van der Waals surface area contributed by atoms with E-state index in [9.17, 15) is 8.78 Å². The third-order valence-electron chi connectivity index (χ3n) is 2.87. The number of hydrogen-bond donors (Lipinski definition) is 2. The van der Waals surface area contributed by atoms with Crippen LogP contribution in [0.5, 0.6) is 0 Å². The van der Waals surface area contributed by atoms with Crippen molar-refractivity contribution < 1.29 is 8.78 Å². The van der Waals surface area contributed by atoms with Crippen LogP contribution < -0.4 is 11.3 Å². The number of hydrogen-bond acceptors (Lipinski definition) is 2. The molecule has 0 saturated carbocycles. The highest BCUT2D eigenvalue weighted by Crippen LogP contribution is 2.22. The average Bonchev–Trinajstić information content (AvgIpc) is 2.37. The van der Waals surface area contributed by atoms with Crippen LogP contribution in [0, 0.1) is 11.6 Å². The Labute approximate surface area is 118 Å². The Kier molecular flexibility index (Phi) is 4.63. The van der Waals surface area contributed by atoms with Gasteiger partial charge in [-0.1, -0.05) is 34.1 Å². The first-order valence-corrected chi connectivity index (χ1v) is 6.55. The lowest BCUT2D eigenvalue weighted by molar-refractivity contribution is 0.502. The van der Waals surface area contributed by atoms with E-state index < -0.39 is 17.7 Å². The molecule has 0 heterocycles. The van der Waals surface area contributed by atoms with Crippen LogP contribution in [0.3, 0.4) is 0 Å². The molecule has 1 unspecified atom stereocenters. The molecular formula is C14H13BrF2N2. The maximum absolute atomic E-state index is 13.7. The molecule has 2 nitrogen and oxygen atoms in total. The molecule has 0 fully saturated rings. The molecule has 1 atom stereocenters. The third-order valence-corrected chi connectivity index (χ3v) is 3.36. The molecule has 3 N–H and O–H groups in total. The molecule has 0 aromatic heterocycles. The largest absolute Gasteiger partial charge is 0.271 e. The van der Waals surface area contributed by atoms with Crippen LogP contribution in [0.15, 0.2) is 46.9 Å². The molecule has 2 aromatic rings. The Balaban J connectivity index is 2.25. The topological polar surface area (TPSA) is 38.0 Å². The lowest BCUT2D eigenvalue weighted by Crippen LogP contribution is -2.30. The standard InChI is InChI=1S/C14H13BrF2N2/c15-10-3-1-2-9(6-10)7-14(19-18)12-5-4-11(16)8-13(12)17/h1-6,8,14,19H,7,18H2. The van der Waals surface area contributed by atoms with Gasteiger partial charge in [0, 0.05) is 16.1 Å². The maximum Gasteiger partial charge on any atom is 0.130 e. The highest BCUT2D eigenvalue weighted by molar-refractivity contribution is 9.10. The van der Waals surface area contributed by atoms with Crippen molar-refractivity contribution in [2.45, 2.75) is 12.5 Å². The Hall–Kier alpha value is -1.30. The minimum atomic E-state index is -0.599. The van der Waals surface area contributed by atoms with Crippen molar-refractivity contribution in [2.75, 3.05) is 0 Å². The van der Waals surface area contributed by atoms with Crippen LogP contribution in [0.1, 0.15) is 17.2 Å². The molecule has 0 aliphatic heterocycles. The maximum atomic E-state index is 13.7. The number of nitrogens with one attached hydrogen (secondary N) is 1. The van der Waals surface area contributed by atoms with Gasteiger partial charge in [0.1, 0.15) is 11.6 Å². The smallest absolute Gasteiger partial charge is 0.130 e. The van der Waals surface area contributed by atoms with Gasteiger partial charge in [0.2, 0.25) is 0 Å². The summed E-state index contributed by atoms with van der Waals surface area (Å²) in [5, 5.41) is 0. The van der Waals surface area contributed by atoms with Crippen LogP contribution in [0.25, 0.3) is 0 Å². The molecule has 100 valence electrons. The van der Waals surface area contributed by atoms with Crippen LogP contribution in [0.4, 0.5) is 8.78 Å². The third kappa shape index (κ3) is 3.59. The van der Waals surface area contributed by atoms with E-state index >= 15 is 0 Å². The molecule has 2 rings (SSSR count). The number of rotatable bonds is 4. The number of hydrazine groups is 1. The predicted octanol–water partition coefficient (Wildman–Crippen LogP) is 3.47. The fraction of sp³-hybridized carbons (Fsp3) is 0.143. The molecule has 19 heavy (non-hydrogen) atoms. The van der Waals surface area contributed by atoms with Gasteiger partial charge < -0.3 is 0 Å². The fourth-order valence-electron chi connectivity index (χ4n) is 1.94. The minimum absolute atomic E-state index is 0.351. The average molecular weight is 327 g/mol. The van der Waals surface area contributed by atoms with Crippen molar-refractivity contribution in [2.24, 2.45) is 5.84 Å². The number of benzene rings is 2. The van der Waals surface area contributed by atoms with E-state index in [0.29, 0.717) is 12.0 Å². The summed E-state index contributed by atoms with van der Waals surface area (Å²) in [7, 11) is 0. The SMILES string of the molecule is NNC(Cc1cccc(Br)c1)c1ccc(F)cc1F. The Morgan fingerprint density at radius 2 is 1.95 bits per heavy atom. The van der Waals surface area contributed by atoms with E-state index in [1.54, 1.807) is 0 Å². The second-order valence-corrected chi connectivity index (χ2v) is 5.13. The van der Waals surface area contributed by atoms with Crippen molar-refractivity contribution in [1.29, 1.82) is 0 Å². The lowest BCUT2D eigenvalue weighted by Gasteiger charge is -2.17. The van der Waals surface area contributed by atoms with Crippen molar-refractivity contribution >= 4 is 15.9 Å². The van der Waals surface area contributed by atoms with E-state index in [4.69, 9.17) is 5.84 Å². The molecule has 5 heteroatoms. The van der Waals surface area contributed by atoms with Gasteiger partial charge in [0.05, 0.1) is 6.04 Å². The first kappa shape index (κ1) is 14.1. The summed E-state index contributed by atoms with van der Waals surface area (Å²) >= 11 is 3.38. The van der Waals surface area contributed by atoms with Gasteiger partial charge in [-0.05, 0) is 30.2 Å². The summed E-state index contributed by atoms with van der Waals surface area (Å²) in [6.45, 7) is 0. The van der Waals surface area contributed by atoms with Gasteiger partial charge in [0.25, 0.3) is 0 Å². The number of nitrogens with two attached hydrogens (primary N) is 1. The summed E-state index contributed by atoms with van der Waals surface area (Å²) in [4.78, 5) is 0. The molecule has 0 bridgehead atoms. The van der Waals surface area contributed by atoms with Crippen molar-refractivity contribution in [3.8, 4) is 0 Å². The summed E-state index contributed by atoms with van der Waals surface area (Å²) < 4.78 is 27.6. The first-order valence-electron chi connectivity index (χ1n) is 5.75. The van der Waals surface area contributed by atoms with Crippen molar-refractivity contribution in [1.82, 2.24) is 5.43 Å². The summed E-state index contributed by atoms with van der Waals surface area (Å²) in [6.07, 6.45) is 0.512. The fourth-order valence-corrected chi connectivity index (χ4v) is 2.39. The number of halogens is 3. The van der Waals surface area contributed by atoms with Crippen LogP contribution in [-0.4, -0.2) is 0 Å². The van der Waals surface area contributed by atoms with Gasteiger partial charge in [-0.3, -0.25) is 11.3 Å². The van der Waals surface area contributed by atoms with Crippen LogP contribution >= 0.6 is 15.9 Å². The first-order chi connectivity index (χ1) is 9.10. The van der Waals surface area contributed by atoms with Crippen molar-refractivity contribution in [3.63, 3.8) is 0 Å². The summed E-state index contributed by atoms with van der Waals surface area (Å²) in [5.74, 6) is 4.28. The highest BCUT2D eigenvalue weighted by atomic mass is 79.9. The Morgan fingerprint density at radius 3 is 2.58 bits per heavy atom. The van der Waals surface area contributed by atoms with Crippen molar-refractivity contribution in [3.05, 3.63) is 69.7 Å². The summed E-state index contributed by atoms with van der Waals surface area (Å²) in [6, 6.07) is 10.8. The van der Waals surface area contributed by atoms with Gasteiger partial charge in [-0.2, -0.15) is 0 Å². The molecule has 0 radical (unpaired) electrons. The molecule has 0 spiro atoms. The van der Waals surface area contributed by atoms with E-state index in [1.807, 2.05) is 24.3 Å². The molecular weight excluding hydrogens is 314 g/mol. The van der Waals surface area contributed by atoms with Crippen LogP contribution in [-0.2, 0) is 6.42 Å². The van der Waals surface area contributed by atoms with Gasteiger partial charge in [0.15, 0.2) is 0 Å². The monoisotopic (exact) mass is 326 g/mol. The molecule has 2 aromatic carbocycles. The molecule has 0 aliphatic rings. The lowest BCUT2D eigenvalue weighted by atomic mass is 9.99. The van der Waals surface area contributed by atoms with Gasteiger partial charge in [-0.25, -0.2) is 8.78 Å². The second-order valence-electron chi connectivity index (χ2n) is 4.22. The van der Waals surface area contributed by atoms with E-state index in [-0.39, 0.29) is 0 Å². The molecule has 0 amide bonds. The Morgan fingerprint density at radius 1 is 1.16 bits per heavy atom. The van der Waals surface area contributed by atoms with Crippen LogP contribution in [0.2, 0.25) is 0 Å². The minimum Gasteiger partial charge on any atom is -0.271 e. The van der Waals surface area contributed by atoms with Gasteiger partial charge in [-0.15, -0.1) is 0 Å². The van der Waals surface area contributed by atoms with E-state index in [2.05, 4.69) is 21.4 Å². The predicted molar refractivity (Wildman–Crippen MR) is 74.3 cm³/mol. The molecule has 0 aliphatic carbocycles. The second kappa shape index (κ2) is 6.23. The highest BCUT2D eigenvalue weighted by Gasteiger charge is 2.15.